The second kappa shape index (κ2) is 13.0. The normalized spacial score (nSPS) is 13.9. The zero-order valence-corrected chi connectivity index (χ0v) is 20.1. The summed E-state index contributed by atoms with van der Waals surface area (Å²) in [6, 6.07) is 0. The molecule has 0 aliphatic heterocycles. The van der Waals surface area contributed by atoms with E-state index in [2.05, 4.69) is 52.6 Å². The second-order valence-corrected chi connectivity index (χ2v) is 13.5. The largest absolute Gasteiger partial charge is 0.457 e. The van der Waals surface area contributed by atoms with Gasteiger partial charge in [0, 0.05) is 26.9 Å². The zero-order chi connectivity index (χ0) is 21.8. The number of unbranched alkanes of at least 4 members (excludes halogenated alkanes) is 3. The van der Waals surface area contributed by atoms with E-state index in [1.54, 1.807) is 0 Å². The number of hydrogen-bond acceptors (Lipinski definition) is 5. The summed E-state index contributed by atoms with van der Waals surface area (Å²) < 4.78 is 16.8. The number of esters is 2. The summed E-state index contributed by atoms with van der Waals surface area (Å²) in [4.78, 5) is 22.8. The van der Waals surface area contributed by atoms with E-state index >= 15 is 0 Å². The molecular weight excluding hydrogens is 372 g/mol. The van der Waals surface area contributed by atoms with Crippen molar-refractivity contribution in [2.75, 3.05) is 6.61 Å². The van der Waals surface area contributed by atoms with Crippen molar-refractivity contribution in [2.24, 2.45) is 0 Å². The number of rotatable bonds is 11. The monoisotopic (exact) mass is 412 g/mol. The van der Waals surface area contributed by atoms with Gasteiger partial charge in [-0.1, -0.05) is 46.0 Å². The van der Waals surface area contributed by atoms with Crippen molar-refractivity contribution in [3.05, 3.63) is 0 Å². The Morgan fingerprint density at radius 2 is 1.61 bits per heavy atom. The Morgan fingerprint density at radius 1 is 1.00 bits per heavy atom. The van der Waals surface area contributed by atoms with Crippen LogP contribution in [0.3, 0.4) is 0 Å². The fourth-order valence-electron chi connectivity index (χ4n) is 2.30. The molecule has 0 spiro atoms. The molecule has 0 bridgehead atoms. The Balaban J connectivity index is 4.64. The van der Waals surface area contributed by atoms with E-state index in [4.69, 9.17) is 13.9 Å². The molecular formula is C22H40O5Si. The summed E-state index contributed by atoms with van der Waals surface area (Å²) in [6.07, 6.45) is 3.80. The predicted octanol–water partition coefficient (Wildman–Crippen LogP) is 5.24. The van der Waals surface area contributed by atoms with E-state index in [0.29, 0.717) is 12.8 Å². The lowest BCUT2D eigenvalue weighted by molar-refractivity contribution is -0.161. The zero-order valence-electron chi connectivity index (χ0n) is 19.1. The van der Waals surface area contributed by atoms with Gasteiger partial charge in [0.25, 0.3) is 0 Å². The molecule has 0 radical (unpaired) electrons. The lowest BCUT2D eigenvalue weighted by atomic mass is 10.1. The highest BCUT2D eigenvalue weighted by atomic mass is 28.4. The van der Waals surface area contributed by atoms with Gasteiger partial charge in [-0.05, 0) is 43.8 Å². The molecule has 6 heteroatoms. The fraction of sp³-hybridized carbons (Fsp3) is 0.818. The highest BCUT2D eigenvalue weighted by Gasteiger charge is 2.36. The minimum absolute atomic E-state index is 0.217. The van der Waals surface area contributed by atoms with Crippen LogP contribution in [-0.4, -0.2) is 39.1 Å². The van der Waals surface area contributed by atoms with E-state index in [1.165, 1.54) is 13.8 Å². The van der Waals surface area contributed by atoms with E-state index in [-0.39, 0.29) is 11.0 Å². The molecule has 0 N–H and O–H groups in total. The van der Waals surface area contributed by atoms with Crippen LogP contribution in [0.25, 0.3) is 0 Å². The number of hydrogen-bond donors (Lipinski definition) is 0. The second-order valence-electron chi connectivity index (χ2n) is 8.71. The van der Waals surface area contributed by atoms with E-state index in [9.17, 15) is 9.59 Å². The van der Waals surface area contributed by atoms with Crippen molar-refractivity contribution in [3.8, 4) is 11.8 Å². The number of carbonyl (C=O) groups excluding carboxylic acids is 2. The average Bonchev–Trinajstić information content (AvgIpc) is 2.54. The quantitative estimate of drug-likeness (QED) is 0.201. The highest BCUT2D eigenvalue weighted by molar-refractivity contribution is 6.74. The van der Waals surface area contributed by atoms with Gasteiger partial charge in [-0.2, -0.15) is 0 Å². The number of carbonyl (C=O) groups is 2. The van der Waals surface area contributed by atoms with Gasteiger partial charge in [0.1, 0.15) is 6.10 Å². The third kappa shape index (κ3) is 11.5. The lowest BCUT2D eigenvalue weighted by Crippen LogP contribution is -2.40. The minimum atomic E-state index is -1.70. The van der Waals surface area contributed by atoms with Crippen molar-refractivity contribution >= 4 is 20.3 Å². The maximum atomic E-state index is 11.4. The van der Waals surface area contributed by atoms with Gasteiger partial charge in [0.2, 0.25) is 0 Å². The molecule has 162 valence electrons. The molecule has 0 aliphatic carbocycles. The van der Waals surface area contributed by atoms with E-state index in [0.717, 1.165) is 32.3 Å². The minimum Gasteiger partial charge on any atom is -0.457 e. The highest BCUT2D eigenvalue weighted by Crippen LogP contribution is 2.36. The van der Waals surface area contributed by atoms with Gasteiger partial charge in [0.05, 0.1) is 0 Å². The van der Waals surface area contributed by atoms with Gasteiger partial charge in [-0.3, -0.25) is 9.59 Å². The molecule has 0 heterocycles. The summed E-state index contributed by atoms with van der Waals surface area (Å²) >= 11 is 0. The SMILES string of the molecule is CCCC[C@H](OC(C)=O)[C@H](C#CCCCCO[Si](C)(C)C(C)(C)C)OC(C)=O. The molecule has 0 aliphatic rings. The van der Waals surface area contributed by atoms with Crippen LogP contribution in [0, 0.1) is 11.8 Å². The fourth-order valence-corrected chi connectivity index (χ4v) is 3.39. The summed E-state index contributed by atoms with van der Waals surface area (Å²) in [5, 5.41) is 0.217. The standard InChI is InChI=1S/C22H40O5Si/c1-9-10-15-20(26-18(2)23)21(27-19(3)24)16-13-11-12-14-17-25-28(7,8)22(4,5)6/h20-21H,9-12,14-15,17H2,1-8H3/t20-,21-/m0/s1. The first-order valence-corrected chi connectivity index (χ1v) is 13.3. The van der Waals surface area contributed by atoms with E-state index in [1.807, 2.05) is 0 Å². The van der Waals surface area contributed by atoms with Crippen LogP contribution in [0.5, 0.6) is 0 Å². The third-order valence-corrected chi connectivity index (χ3v) is 9.54. The summed E-state index contributed by atoms with van der Waals surface area (Å²) in [5.74, 6) is 5.27. The average molecular weight is 413 g/mol. The maximum Gasteiger partial charge on any atom is 0.304 e. The van der Waals surface area contributed by atoms with Crippen LogP contribution in [0.2, 0.25) is 18.1 Å². The molecule has 0 aromatic rings. The van der Waals surface area contributed by atoms with Crippen molar-refractivity contribution in [1.82, 2.24) is 0 Å². The van der Waals surface area contributed by atoms with Crippen LogP contribution < -0.4 is 0 Å². The molecule has 0 saturated heterocycles. The van der Waals surface area contributed by atoms with Crippen LogP contribution >= 0.6 is 0 Å². The number of ether oxygens (including phenoxy) is 2. The maximum absolute atomic E-state index is 11.4. The molecule has 0 unspecified atom stereocenters. The summed E-state index contributed by atoms with van der Waals surface area (Å²) in [7, 11) is -1.70. The topological polar surface area (TPSA) is 61.8 Å². The molecule has 0 amide bonds. The molecule has 0 rings (SSSR count). The molecule has 5 nitrogen and oxygen atoms in total. The molecule has 0 aromatic heterocycles. The van der Waals surface area contributed by atoms with Gasteiger partial charge < -0.3 is 13.9 Å². The lowest BCUT2D eigenvalue weighted by Gasteiger charge is -2.36. The summed E-state index contributed by atoms with van der Waals surface area (Å²) in [5.41, 5.74) is 0. The van der Waals surface area contributed by atoms with Crippen molar-refractivity contribution in [2.45, 2.75) is 110 Å². The van der Waals surface area contributed by atoms with Crippen molar-refractivity contribution in [1.29, 1.82) is 0 Å². The first-order valence-electron chi connectivity index (χ1n) is 10.4. The van der Waals surface area contributed by atoms with Crippen LogP contribution in [0.1, 0.15) is 80.1 Å². The predicted molar refractivity (Wildman–Crippen MR) is 115 cm³/mol. The smallest absolute Gasteiger partial charge is 0.304 e. The Morgan fingerprint density at radius 3 is 2.11 bits per heavy atom. The Hall–Kier alpha value is -1.32. The molecule has 28 heavy (non-hydrogen) atoms. The van der Waals surface area contributed by atoms with Gasteiger partial charge in [-0.25, -0.2) is 0 Å². The molecule has 0 fully saturated rings. The van der Waals surface area contributed by atoms with Crippen LogP contribution in [0.15, 0.2) is 0 Å². The molecule has 0 aromatic carbocycles. The first-order chi connectivity index (χ1) is 12.9. The molecule has 2 atom stereocenters. The first kappa shape index (κ1) is 26.7. The Bertz CT molecular complexity index is 539. The van der Waals surface area contributed by atoms with Gasteiger partial charge in [-0.15, -0.1) is 0 Å². The van der Waals surface area contributed by atoms with Crippen molar-refractivity contribution < 1.29 is 23.5 Å². The Kier molecular flexibility index (Phi) is 12.4. The van der Waals surface area contributed by atoms with Gasteiger partial charge >= 0.3 is 11.9 Å². The van der Waals surface area contributed by atoms with Crippen LogP contribution in [0.4, 0.5) is 0 Å². The molecule has 0 saturated carbocycles. The summed E-state index contributed by atoms with van der Waals surface area (Å²) in [6.45, 7) is 16.7. The van der Waals surface area contributed by atoms with Gasteiger partial charge in [0.15, 0.2) is 14.4 Å². The van der Waals surface area contributed by atoms with E-state index < -0.39 is 26.5 Å². The Labute approximate surface area is 173 Å². The third-order valence-electron chi connectivity index (χ3n) is 5.00. The van der Waals surface area contributed by atoms with Crippen molar-refractivity contribution in [3.63, 3.8) is 0 Å². The van der Waals surface area contributed by atoms with Crippen LogP contribution in [-0.2, 0) is 23.5 Å².